The summed E-state index contributed by atoms with van der Waals surface area (Å²) in [5, 5.41) is 4.91. The van der Waals surface area contributed by atoms with Crippen molar-refractivity contribution < 1.29 is 9.59 Å². The third-order valence-corrected chi connectivity index (χ3v) is 6.00. The highest BCUT2D eigenvalue weighted by atomic mass is 35.5. The quantitative estimate of drug-likeness (QED) is 0.790. The van der Waals surface area contributed by atoms with Gasteiger partial charge in [0, 0.05) is 43.8 Å². The zero-order valence-corrected chi connectivity index (χ0v) is 16.6. The predicted octanol–water partition coefficient (Wildman–Crippen LogP) is 3.39. The van der Waals surface area contributed by atoms with E-state index in [1.54, 1.807) is 34.1 Å². The Morgan fingerprint density at radius 1 is 1.07 bits per heavy atom. The van der Waals surface area contributed by atoms with Crippen molar-refractivity contribution >= 4 is 23.4 Å². The van der Waals surface area contributed by atoms with Crippen molar-refractivity contribution in [2.75, 3.05) is 26.2 Å². The number of hydrogen-bond donors (Lipinski definition) is 0. The minimum Gasteiger partial charge on any atom is -0.339 e. The smallest absolute Gasteiger partial charge is 0.257 e. The van der Waals surface area contributed by atoms with Crippen LogP contribution in [0, 0.1) is 5.92 Å². The van der Waals surface area contributed by atoms with E-state index in [0.29, 0.717) is 49.1 Å². The number of carbonyl (C=O) groups excluding carboxylic acids is 2. The van der Waals surface area contributed by atoms with Gasteiger partial charge in [-0.3, -0.25) is 9.59 Å². The predicted molar refractivity (Wildman–Crippen MR) is 108 cm³/mol. The maximum absolute atomic E-state index is 12.8. The summed E-state index contributed by atoms with van der Waals surface area (Å²) in [6.07, 6.45) is 8.85. The van der Waals surface area contributed by atoms with Gasteiger partial charge in [-0.2, -0.15) is 5.10 Å². The molecular weight excluding hydrogens is 376 g/mol. The van der Waals surface area contributed by atoms with E-state index in [1.165, 1.54) is 25.7 Å². The normalized spacial score (nSPS) is 17.9. The molecule has 1 saturated heterocycles. The largest absolute Gasteiger partial charge is 0.339 e. The van der Waals surface area contributed by atoms with Crippen LogP contribution >= 0.6 is 11.6 Å². The molecule has 0 spiro atoms. The van der Waals surface area contributed by atoms with E-state index < -0.39 is 0 Å². The monoisotopic (exact) mass is 400 g/mol. The lowest BCUT2D eigenvalue weighted by molar-refractivity contribution is -0.133. The van der Waals surface area contributed by atoms with Crippen molar-refractivity contribution in [3.05, 3.63) is 47.2 Å². The fraction of sp³-hybridized carbons (Fsp3) is 0.476. The van der Waals surface area contributed by atoms with Gasteiger partial charge in [-0.25, -0.2) is 4.68 Å². The van der Waals surface area contributed by atoms with Gasteiger partial charge < -0.3 is 9.80 Å². The minimum absolute atomic E-state index is 0.0452. The van der Waals surface area contributed by atoms with Gasteiger partial charge in [0.2, 0.25) is 5.91 Å². The van der Waals surface area contributed by atoms with E-state index in [0.717, 1.165) is 5.69 Å². The van der Waals surface area contributed by atoms with E-state index in [4.69, 9.17) is 11.6 Å². The summed E-state index contributed by atoms with van der Waals surface area (Å²) < 4.78 is 1.65. The van der Waals surface area contributed by atoms with Gasteiger partial charge in [0.05, 0.1) is 17.4 Å². The minimum atomic E-state index is -0.0452. The molecule has 2 heterocycles. The van der Waals surface area contributed by atoms with Crippen LogP contribution in [0.25, 0.3) is 5.69 Å². The number of aromatic nitrogens is 2. The second kappa shape index (κ2) is 8.35. The highest BCUT2D eigenvalue weighted by Crippen LogP contribution is 2.28. The van der Waals surface area contributed by atoms with Crippen molar-refractivity contribution in [2.24, 2.45) is 5.92 Å². The number of piperazine rings is 1. The molecule has 1 aliphatic heterocycles. The molecule has 0 atom stereocenters. The number of hydrogen-bond acceptors (Lipinski definition) is 3. The van der Waals surface area contributed by atoms with E-state index in [9.17, 15) is 9.59 Å². The molecule has 4 rings (SSSR count). The van der Waals surface area contributed by atoms with Crippen molar-refractivity contribution in [3.63, 3.8) is 0 Å². The van der Waals surface area contributed by atoms with E-state index in [1.807, 2.05) is 17.0 Å². The van der Waals surface area contributed by atoms with Gasteiger partial charge in [0.15, 0.2) is 0 Å². The zero-order chi connectivity index (χ0) is 19.5. The lowest BCUT2D eigenvalue weighted by atomic mass is 10.0. The number of nitrogens with zero attached hydrogens (tertiary/aromatic N) is 4. The van der Waals surface area contributed by atoms with Crippen molar-refractivity contribution in [3.8, 4) is 5.69 Å². The van der Waals surface area contributed by atoms with E-state index in [-0.39, 0.29) is 11.8 Å². The molecule has 2 aliphatic rings. The molecule has 1 aliphatic carbocycles. The molecule has 2 amide bonds. The third-order valence-electron chi connectivity index (χ3n) is 5.76. The number of amides is 2. The molecule has 0 unspecified atom stereocenters. The topological polar surface area (TPSA) is 58.4 Å². The molecule has 2 aromatic rings. The Labute approximate surface area is 170 Å². The van der Waals surface area contributed by atoms with Gasteiger partial charge >= 0.3 is 0 Å². The zero-order valence-electron chi connectivity index (χ0n) is 15.9. The molecular formula is C21H25ClN4O2. The van der Waals surface area contributed by atoms with Crippen LogP contribution in [0.5, 0.6) is 0 Å². The van der Waals surface area contributed by atoms with E-state index in [2.05, 4.69) is 5.10 Å². The molecule has 1 aromatic heterocycles. The molecule has 2 fully saturated rings. The third kappa shape index (κ3) is 4.22. The molecule has 6 nitrogen and oxygen atoms in total. The number of halogens is 1. The number of carbonyl (C=O) groups is 2. The van der Waals surface area contributed by atoms with Gasteiger partial charge in [-0.1, -0.05) is 30.5 Å². The van der Waals surface area contributed by atoms with Crippen LogP contribution in [0.3, 0.4) is 0 Å². The Balaban J connectivity index is 1.33. The van der Waals surface area contributed by atoms with Crippen LogP contribution < -0.4 is 0 Å². The fourth-order valence-corrected chi connectivity index (χ4v) is 4.31. The van der Waals surface area contributed by atoms with Gasteiger partial charge in [-0.15, -0.1) is 0 Å². The molecule has 1 aromatic carbocycles. The molecule has 0 N–H and O–H groups in total. The van der Waals surface area contributed by atoms with Crippen LogP contribution in [0.1, 0.15) is 42.5 Å². The summed E-state index contributed by atoms with van der Waals surface area (Å²) in [6.45, 7) is 2.36. The standard InChI is InChI=1S/C21H25ClN4O2/c22-18-6-3-7-19(13-18)26-15-17(14-23-26)21(28)25-10-8-24(9-11-25)20(27)12-16-4-1-2-5-16/h3,6-7,13-16H,1-2,4-5,8-12H2. The average Bonchev–Trinajstić information content (AvgIpc) is 3.40. The van der Waals surface area contributed by atoms with Gasteiger partial charge in [0.1, 0.15) is 0 Å². The summed E-state index contributed by atoms with van der Waals surface area (Å²) in [6, 6.07) is 7.34. The van der Waals surface area contributed by atoms with Crippen LogP contribution in [-0.2, 0) is 4.79 Å². The number of rotatable bonds is 4. The molecule has 28 heavy (non-hydrogen) atoms. The second-order valence-corrected chi connectivity index (χ2v) is 8.12. The van der Waals surface area contributed by atoms with Crippen LogP contribution in [0.4, 0.5) is 0 Å². The molecule has 1 saturated carbocycles. The van der Waals surface area contributed by atoms with Crippen LogP contribution in [0.15, 0.2) is 36.7 Å². The van der Waals surface area contributed by atoms with Gasteiger partial charge in [-0.05, 0) is 37.0 Å². The van der Waals surface area contributed by atoms with Crippen molar-refractivity contribution in [2.45, 2.75) is 32.1 Å². The van der Waals surface area contributed by atoms with Crippen LogP contribution in [0.2, 0.25) is 5.02 Å². The maximum atomic E-state index is 12.8. The summed E-state index contributed by atoms with van der Waals surface area (Å²) in [4.78, 5) is 29.0. The Morgan fingerprint density at radius 3 is 2.50 bits per heavy atom. The molecule has 0 bridgehead atoms. The first kappa shape index (κ1) is 19.0. The molecule has 0 radical (unpaired) electrons. The van der Waals surface area contributed by atoms with Gasteiger partial charge in [0.25, 0.3) is 5.91 Å². The average molecular weight is 401 g/mol. The first-order valence-corrected chi connectivity index (χ1v) is 10.4. The number of benzene rings is 1. The van der Waals surface area contributed by atoms with Crippen LogP contribution in [-0.4, -0.2) is 57.6 Å². The second-order valence-electron chi connectivity index (χ2n) is 7.68. The fourth-order valence-electron chi connectivity index (χ4n) is 4.13. The lowest BCUT2D eigenvalue weighted by Gasteiger charge is -2.35. The SMILES string of the molecule is O=C(CC1CCCC1)N1CCN(C(=O)c2cnn(-c3cccc(Cl)c3)c2)CC1. The summed E-state index contributed by atoms with van der Waals surface area (Å²) in [5.41, 5.74) is 1.36. The molecule has 7 heteroatoms. The van der Waals surface area contributed by atoms with E-state index >= 15 is 0 Å². The Morgan fingerprint density at radius 2 is 1.79 bits per heavy atom. The highest BCUT2D eigenvalue weighted by Gasteiger charge is 2.27. The summed E-state index contributed by atoms with van der Waals surface area (Å²) in [5.74, 6) is 0.758. The first-order chi connectivity index (χ1) is 13.6. The Bertz CT molecular complexity index is 852. The van der Waals surface area contributed by atoms with Crippen molar-refractivity contribution in [1.82, 2.24) is 19.6 Å². The summed E-state index contributed by atoms with van der Waals surface area (Å²) >= 11 is 6.03. The lowest BCUT2D eigenvalue weighted by Crippen LogP contribution is -2.50. The highest BCUT2D eigenvalue weighted by molar-refractivity contribution is 6.30. The molecule has 148 valence electrons. The van der Waals surface area contributed by atoms with Crippen molar-refractivity contribution in [1.29, 1.82) is 0 Å². The summed E-state index contributed by atoms with van der Waals surface area (Å²) in [7, 11) is 0. The Hall–Kier alpha value is -2.34. The first-order valence-electron chi connectivity index (χ1n) is 9.98. The Kier molecular flexibility index (Phi) is 5.67. The maximum Gasteiger partial charge on any atom is 0.257 e.